The Morgan fingerprint density at radius 3 is 2.96 bits per heavy atom. The molecule has 2 aromatic heterocycles. The number of likely N-dealkylation sites (tertiary alicyclic amines) is 1. The van der Waals surface area contributed by atoms with Crippen molar-refractivity contribution in [3.05, 3.63) is 66.2 Å². The molecule has 5 heteroatoms. The Labute approximate surface area is 139 Å². The molecular formula is C19H18N2O3. The standard InChI is InChI=1S/C19H18N2O3/c22-19(23)16-12-21(11-15(16)17-3-1-2-7-20-17)10-13-4-5-18-14(9-13)6-8-24-18/h1-9,15-16H,10-12H2,(H,22,23)/t15-,16-/m1/s1. The van der Waals surface area contributed by atoms with Crippen LogP contribution in [0.1, 0.15) is 17.2 Å². The molecule has 0 unspecified atom stereocenters. The van der Waals surface area contributed by atoms with Crippen molar-refractivity contribution in [2.75, 3.05) is 13.1 Å². The second-order valence-electron chi connectivity index (χ2n) is 6.29. The molecule has 0 bridgehead atoms. The lowest BCUT2D eigenvalue weighted by Gasteiger charge is -2.15. The van der Waals surface area contributed by atoms with Gasteiger partial charge in [0.05, 0.1) is 12.2 Å². The predicted molar refractivity (Wildman–Crippen MR) is 89.6 cm³/mol. The van der Waals surface area contributed by atoms with E-state index >= 15 is 0 Å². The average molecular weight is 322 g/mol. The maximum atomic E-state index is 11.7. The lowest BCUT2D eigenvalue weighted by atomic mass is 9.93. The van der Waals surface area contributed by atoms with E-state index in [-0.39, 0.29) is 5.92 Å². The lowest BCUT2D eigenvalue weighted by molar-refractivity contribution is -0.141. The molecule has 0 spiro atoms. The first-order valence-corrected chi connectivity index (χ1v) is 8.03. The molecule has 0 aliphatic carbocycles. The fourth-order valence-corrected chi connectivity index (χ4v) is 3.53. The molecule has 2 atom stereocenters. The zero-order chi connectivity index (χ0) is 16.5. The number of aromatic nitrogens is 1. The van der Waals surface area contributed by atoms with Crippen LogP contribution in [0.3, 0.4) is 0 Å². The van der Waals surface area contributed by atoms with Crippen molar-refractivity contribution >= 4 is 16.9 Å². The topological polar surface area (TPSA) is 66.6 Å². The van der Waals surface area contributed by atoms with Crippen molar-refractivity contribution in [2.24, 2.45) is 5.92 Å². The maximum Gasteiger partial charge on any atom is 0.308 e. The number of aliphatic carboxylic acids is 1. The minimum atomic E-state index is -0.751. The molecule has 1 N–H and O–H groups in total. The number of hydrogen-bond donors (Lipinski definition) is 1. The quantitative estimate of drug-likeness (QED) is 0.799. The molecule has 3 heterocycles. The molecule has 1 fully saturated rings. The number of carboxylic acid groups (broad SMARTS) is 1. The van der Waals surface area contributed by atoms with E-state index in [1.54, 1.807) is 12.5 Å². The monoisotopic (exact) mass is 322 g/mol. The van der Waals surface area contributed by atoms with Crippen molar-refractivity contribution in [3.8, 4) is 0 Å². The Bertz CT molecular complexity index is 859. The van der Waals surface area contributed by atoms with Gasteiger partial charge < -0.3 is 9.52 Å². The number of fused-ring (bicyclic) bond motifs is 1. The highest BCUT2D eigenvalue weighted by atomic mass is 16.4. The third-order valence-electron chi connectivity index (χ3n) is 4.70. The molecule has 1 saturated heterocycles. The Hall–Kier alpha value is -2.66. The van der Waals surface area contributed by atoms with Crippen molar-refractivity contribution in [1.29, 1.82) is 0 Å². The van der Waals surface area contributed by atoms with Gasteiger partial charge in [-0.15, -0.1) is 0 Å². The van der Waals surface area contributed by atoms with Crippen molar-refractivity contribution in [2.45, 2.75) is 12.5 Å². The zero-order valence-corrected chi connectivity index (χ0v) is 13.1. The van der Waals surface area contributed by atoms with Gasteiger partial charge in [-0.3, -0.25) is 14.7 Å². The van der Waals surface area contributed by atoms with Gasteiger partial charge in [-0.25, -0.2) is 0 Å². The average Bonchev–Trinajstić information content (AvgIpc) is 3.22. The van der Waals surface area contributed by atoms with Crippen LogP contribution in [0.2, 0.25) is 0 Å². The van der Waals surface area contributed by atoms with E-state index in [0.717, 1.165) is 28.8 Å². The lowest BCUT2D eigenvalue weighted by Crippen LogP contribution is -2.23. The fourth-order valence-electron chi connectivity index (χ4n) is 3.53. The van der Waals surface area contributed by atoms with Crippen LogP contribution in [-0.4, -0.2) is 34.0 Å². The molecule has 3 aromatic rings. The Morgan fingerprint density at radius 2 is 2.17 bits per heavy atom. The fraction of sp³-hybridized carbons (Fsp3) is 0.263. The summed E-state index contributed by atoms with van der Waals surface area (Å²) in [5, 5.41) is 10.6. The summed E-state index contributed by atoms with van der Waals surface area (Å²) in [6.45, 7) is 1.98. The number of benzene rings is 1. The highest BCUT2D eigenvalue weighted by Crippen LogP contribution is 2.33. The summed E-state index contributed by atoms with van der Waals surface area (Å²) in [6.07, 6.45) is 3.41. The molecule has 0 radical (unpaired) electrons. The molecule has 4 rings (SSSR count). The molecule has 1 aromatic carbocycles. The molecule has 0 amide bonds. The first-order chi connectivity index (χ1) is 11.7. The van der Waals surface area contributed by atoms with Crippen LogP contribution < -0.4 is 0 Å². The van der Waals surface area contributed by atoms with Crippen molar-refractivity contribution in [3.63, 3.8) is 0 Å². The predicted octanol–water partition coefficient (Wildman–Crippen LogP) is 3.13. The number of carboxylic acids is 1. The second-order valence-corrected chi connectivity index (χ2v) is 6.29. The van der Waals surface area contributed by atoms with Gasteiger partial charge in [0.15, 0.2) is 0 Å². The number of hydrogen-bond acceptors (Lipinski definition) is 4. The van der Waals surface area contributed by atoms with Gasteiger partial charge in [0.2, 0.25) is 0 Å². The minimum Gasteiger partial charge on any atom is -0.481 e. The van der Waals surface area contributed by atoms with Gasteiger partial charge in [0, 0.05) is 42.8 Å². The SMILES string of the molecule is O=C(O)[C@@H]1CN(Cc2ccc3occc3c2)C[C@H]1c1ccccn1. The molecule has 0 saturated carbocycles. The maximum absolute atomic E-state index is 11.7. The van der Waals surface area contributed by atoms with Crippen LogP contribution in [-0.2, 0) is 11.3 Å². The van der Waals surface area contributed by atoms with E-state index in [2.05, 4.69) is 16.0 Å². The summed E-state index contributed by atoms with van der Waals surface area (Å²) in [4.78, 5) is 18.2. The van der Waals surface area contributed by atoms with E-state index in [1.165, 1.54) is 0 Å². The highest BCUT2D eigenvalue weighted by molar-refractivity contribution is 5.77. The van der Waals surface area contributed by atoms with Crippen molar-refractivity contribution in [1.82, 2.24) is 9.88 Å². The third kappa shape index (κ3) is 2.78. The van der Waals surface area contributed by atoms with E-state index in [1.807, 2.05) is 36.4 Å². The van der Waals surface area contributed by atoms with Crippen LogP contribution in [0.5, 0.6) is 0 Å². The summed E-state index contributed by atoms with van der Waals surface area (Å²) in [7, 11) is 0. The van der Waals surface area contributed by atoms with E-state index in [0.29, 0.717) is 13.1 Å². The summed E-state index contributed by atoms with van der Waals surface area (Å²) in [5.74, 6) is -1.24. The van der Waals surface area contributed by atoms with Gasteiger partial charge in [-0.05, 0) is 35.9 Å². The first-order valence-electron chi connectivity index (χ1n) is 8.03. The second kappa shape index (κ2) is 6.09. The van der Waals surface area contributed by atoms with Gasteiger partial charge in [-0.1, -0.05) is 12.1 Å². The van der Waals surface area contributed by atoms with Crippen molar-refractivity contribution < 1.29 is 14.3 Å². The number of nitrogens with zero attached hydrogens (tertiary/aromatic N) is 2. The number of pyridine rings is 1. The zero-order valence-electron chi connectivity index (χ0n) is 13.1. The number of rotatable bonds is 4. The molecule has 5 nitrogen and oxygen atoms in total. The molecule has 24 heavy (non-hydrogen) atoms. The number of carbonyl (C=O) groups is 1. The smallest absolute Gasteiger partial charge is 0.308 e. The summed E-state index contributed by atoms with van der Waals surface area (Å²) >= 11 is 0. The van der Waals surface area contributed by atoms with Crippen LogP contribution in [0.25, 0.3) is 11.0 Å². The highest BCUT2D eigenvalue weighted by Gasteiger charge is 2.39. The van der Waals surface area contributed by atoms with Crippen LogP contribution in [0, 0.1) is 5.92 Å². The Kier molecular flexibility index (Phi) is 3.78. The Morgan fingerprint density at radius 1 is 1.25 bits per heavy atom. The molecule has 1 aliphatic heterocycles. The molecular weight excluding hydrogens is 304 g/mol. The van der Waals surface area contributed by atoms with Gasteiger partial charge in [0.1, 0.15) is 5.58 Å². The molecule has 122 valence electrons. The minimum absolute atomic E-state index is 0.0682. The summed E-state index contributed by atoms with van der Waals surface area (Å²) < 4.78 is 5.37. The summed E-state index contributed by atoms with van der Waals surface area (Å²) in [5.41, 5.74) is 2.89. The van der Waals surface area contributed by atoms with Gasteiger partial charge in [-0.2, -0.15) is 0 Å². The van der Waals surface area contributed by atoms with E-state index < -0.39 is 11.9 Å². The normalized spacial score (nSPS) is 21.3. The van der Waals surface area contributed by atoms with E-state index in [4.69, 9.17) is 4.42 Å². The van der Waals surface area contributed by atoms with Gasteiger partial charge in [0.25, 0.3) is 0 Å². The number of furan rings is 1. The summed E-state index contributed by atoms with van der Waals surface area (Å²) in [6, 6.07) is 13.7. The molecule has 1 aliphatic rings. The van der Waals surface area contributed by atoms with Crippen LogP contribution in [0.15, 0.2) is 59.3 Å². The van der Waals surface area contributed by atoms with E-state index in [9.17, 15) is 9.90 Å². The largest absolute Gasteiger partial charge is 0.481 e. The van der Waals surface area contributed by atoms with Crippen LogP contribution >= 0.6 is 0 Å². The Balaban J connectivity index is 1.55. The van der Waals surface area contributed by atoms with Crippen LogP contribution in [0.4, 0.5) is 0 Å². The van der Waals surface area contributed by atoms with Gasteiger partial charge >= 0.3 is 5.97 Å². The third-order valence-corrected chi connectivity index (χ3v) is 4.70. The first kappa shape index (κ1) is 14.9.